The number of hydrogen-bond donors (Lipinski definition) is 1. The molecule has 1 aromatic heterocycles. The van der Waals surface area contributed by atoms with Crippen LogP contribution < -0.4 is 5.32 Å². The van der Waals surface area contributed by atoms with Gasteiger partial charge in [-0.25, -0.2) is 0 Å². The van der Waals surface area contributed by atoms with Gasteiger partial charge in [0.15, 0.2) is 10.8 Å². The largest absolute Gasteiger partial charge is 0.348 e. The van der Waals surface area contributed by atoms with Crippen LogP contribution in [0.2, 0.25) is 5.15 Å². The van der Waals surface area contributed by atoms with E-state index in [1.807, 2.05) is 0 Å². The molecule has 0 bridgehead atoms. The lowest BCUT2D eigenvalue weighted by atomic mass is 9.78. The number of amides is 1. The molecule has 0 aromatic carbocycles. The van der Waals surface area contributed by atoms with Gasteiger partial charge in [0, 0.05) is 6.04 Å². The molecule has 1 heterocycles. The van der Waals surface area contributed by atoms with Gasteiger partial charge in [-0.2, -0.15) is 0 Å². The first-order valence-corrected chi connectivity index (χ1v) is 7.26. The lowest BCUT2D eigenvalue weighted by molar-refractivity contribution is 0.0883. The van der Waals surface area contributed by atoms with Crippen LogP contribution in [-0.4, -0.2) is 22.1 Å². The predicted molar refractivity (Wildman–Crippen MR) is 75.1 cm³/mol. The van der Waals surface area contributed by atoms with Crippen LogP contribution in [-0.2, 0) is 0 Å². The minimum Gasteiger partial charge on any atom is -0.348 e. The summed E-state index contributed by atoms with van der Waals surface area (Å²) < 4.78 is 0. The van der Waals surface area contributed by atoms with Gasteiger partial charge in [-0.3, -0.25) is 4.79 Å². The van der Waals surface area contributed by atoms with Gasteiger partial charge in [-0.1, -0.05) is 38.3 Å². The van der Waals surface area contributed by atoms with E-state index in [9.17, 15) is 4.79 Å². The van der Waals surface area contributed by atoms with Crippen LogP contribution in [0.5, 0.6) is 0 Å². The van der Waals surface area contributed by atoms with Crippen molar-refractivity contribution in [3.63, 3.8) is 0 Å². The average Bonchev–Trinajstić information content (AvgIpc) is 2.39. The smallest absolute Gasteiger partial charge is 0.272 e. The third-order valence-corrected chi connectivity index (χ3v) is 4.06. The van der Waals surface area contributed by atoms with Gasteiger partial charge in [-0.05, 0) is 36.8 Å². The first-order chi connectivity index (χ1) is 9.08. The highest BCUT2D eigenvalue weighted by Gasteiger charge is 2.29. The van der Waals surface area contributed by atoms with E-state index in [-0.39, 0.29) is 11.9 Å². The number of hydrogen-bond acceptors (Lipinski definition) is 3. The molecular weight excluding hydrogens is 262 g/mol. The Hall–Kier alpha value is -1.16. The van der Waals surface area contributed by atoms with Gasteiger partial charge < -0.3 is 5.32 Å². The summed E-state index contributed by atoms with van der Waals surface area (Å²) in [6, 6.07) is 3.45. The molecule has 1 aliphatic carbocycles. The Morgan fingerprint density at radius 1 is 1.32 bits per heavy atom. The van der Waals surface area contributed by atoms with Crippen LogP contribution in [0.3, 0.4) is 0 Å². The standard InChI is InChI=1S/C14H20ClN3O/c1-9(2)10-5-3-4-6-11(10)16-14(19)12-7-8-13(15)18-17-12/h7-11H,3-6H2,1-2H3,(H,16,19). The molecule has 0 aliphatic heterocycles. The number of carbonyl (C=O) groups excluding carboxylic acids is 1. The van der Waals surface area contributed by atoms with Crippen molar-refractivity contribution in [2.45, 2.75) is 45.6 Å². The summed E-state index contributed by atoms with van der Waals surface area (Å²) in [4.78, 5) is 12.1. The number of aromatic nitrogens is 2. The van der Waals surface area contributed by atoms with Gasteiger partial charge in [0.05, 0.1) is 0 Å². The van der Waals surface area contributed by atoms with E-state index in [4.69, 9.17) is 11.6 Å². The molecule has 1 aromatic rings. The zero-order valence-corrected chi connectivity index (χ0v) is 12.2. The van der Waals surface area contributed by atoms with Crippen LogP contribution in [0.15, 0.2) is 12.1 Å². The third-order valence-electron chi connectivity index (χ3n) is 3.86. The second-order valence-electron chi connectivity index (χ2n) is 5.51. The monoisotopic (exact) mass is 281 g/mol. The molecule has 1 N–H and O–H groups in total. The lowest BCUT2D eigenvalue weighted by Crippen LogP contribution is -2.44. The third kappa shape index (κ3) is 3.66. The lowest BCUT2D eigenvalue weighted by Gasteiger charge is -2.34. The van der Waals surface area contributed by atoms with E-state index in [2.05, 4.69) is 29.4 Å². The fourth-order valence-corrected chi connectivity index (χ4v) is 2.92. The molecule has 4 nitrogen and oxygen atoms in total. The Bertz CT molecular complexity index is 433. The average molecular weight is 282 g/mol. The molecule has 2 unspecified atom stereocenters. The number of carbonyl (C=O) groups is 1. The maximum Gasteiger partial charge on any atom is 0.272 e. The zero-order valence-electron chi connectivity index (χ0n) is 11.4. The molecular formula is C14H20ClN3O. The SMILES string of the molecule is CC(C)C1CCCCC1NC(=O)c1ccc(Cl)nn1. The Labute approximate surface area is 118 Å². The van der Waals surface area contributed by atoms with Crippen molar-refractivity contribution >= 4 is 17.5 Å². The van der Waals surface area contributed by atoms with E-state index in [1.54, 1.807) is 12.1 Å². The maximum atomic E-state index is 12.1. The highest BCUT2D eigenvalue weighted by atomic mass is 35.5. The summed E-state index contributed by atoms with van der Waals surface area (Å²) >= 11 is 5.67. The van der Waals surface area contributed by atoms with E-state index in [0.29, 0.717) is 22.7 Å². The quantitative estimate of drug-likeness (QED) is 0.926. The summed E-state index contributed by atoms with van der Waals surface area (Å²) in [5.74, 6) is 0.988. The summed E-state index contributed by atoms with van der Waals surface area (Å²) in [6.45, 7) is 4.44. The van der Waals surface area contributed by atoms with Crippen molar-refractivity contribution in [2.24, 2.45) is 11.8 Å². The van der Waals surface area contributed by atoms with Gasteiger partial charge in [0.25, 0.3) is 5.91 Å². The minimum absolute atomic E-state index is 0.151. The highest BCUT2D eigenvalue weighted by molar-refractivity contribution is 6.29. The molecule has 5 heteroatoms. The molecule has 104 valence electrons. The number of rotatable bonds is 3. The van der Waals surface area contributed by atoms with E-state index >= 15 is 0 Å². The summed E-state index contributed by atoms with van der Waals surface area (Å²) in [5, 5.41) is 10.9. The normalized spacial score (nSPS) is 23.4. The van der Waals surface area contributed by atoms with Crippen molar-refractivity contribution in [3.8, 4) is 0 Å². The van der Waals surface area contributed by atoms with Crippen molar-refractivity contribution in [2.75, 3.05) is 0 Å². The van der Waals surface area contributed by atoms with Crippen LogP contribution in [0.25, 0.3) is 0 Å². The van der Waals surface area contributed by atoms with Crippen LogP contribution in [0.1, 0.15) is 50.0 Å². The van der Waals surface area contributed by atoms with Crippen LogP contribution in [0.4, 0.5) is 0 Å². The molecule has 0 radical (unpaired) electrons. The van der Waals surface area contributed by atoms with E-state index < -0.39 is 0 Å². The molecule has 1 aliphatic rings. The van der Waals surface area contributed by atoms with E-state index in [0.717, 1.165) is 6.42 Å². The summed E-state index contributed by atoms with van der Waals surface area (Å²) in [7, 11) is 0. The number of halogens is 1. The van der Waals surface area contributed by atoms with E-state index in [1.165, 1.54) is 19.3 Å². The molecule has 0 saturated heterocycles. The maximum absolute atomic E-state index is 12.1. The Morgan fingerprint density at radius 3 is 2.68 bits per heavy atom. The molecule has 1 amide bonds. The van der Waals surface area contributed by atoms with Gasteiger partial charge in [0.1, 0.15) is 0 Å². The topological polar surface area (TPSA) is 54.9 Å². The van der Waals surface area contributed by atoms with Crippen LogP contribution in [0, 0.1) is 11.8 Å². The summed E-state index contributed by atoms with van der Waals surface area (Å²) in [5.41, 5.74) is 0.331. The first kappa shape index (κ1) is 14.3. The Balaban J connectivity index is 2.02. The fourth-order valence-electron chi connectivity index (χ4n) is 2.82. The number of nitrogens with one attached hydrogen (secondary N) is 1. The molecule has 19 heavy (non-hydrogen) atoms. The predicted octanol–water partition coefficient (Wildman–Crippen LogP) is 3.07. The molecule has 2 rings (SSSR count). The number of nitrogens with zero attached hydrogens (tertiary/aromatic N) is 2. The van der Waals surface area contributed by atoms with Crippen molar-refractivity contribution in [3.05, 3.63) is 23.0 Å². The molecule has 2 atom stereocenters. The summed E-state index contributed by atoms with van der Waals surface area (Å²) in [6.07, 6.45) is 4.68. The Kier molecular flexibility index (Phi) is 4.75. The molecule has 0 spiro atoms. The Morgan fingerprint density at radius 2 is 2.05 bits per heavy atom. The van der Waals surface area contributed by atoms with Crippen molar-refractivity contribution < 1.29 is 4.79 Å². The minimum atomic E-state index is -0.151. The highest BCUT2D eigenvalue weighted by Crippen LogP contribution is 2.30. The first-order valence-electron chi connectivity index (χ1n) is 6.88. The molecule has 1 fully saturated rings. The fraction of sp³-hybridized carbons (Fsp3) is 0.643. The zero-order chi connectivity index (χ0) is 13.8. The second-order valence-corrected chi connectivity index (χ2v) is 5.90. The van der Waals surface area contributed by atoms with Gasteiger partial charge >= 0.3 is 0 Å². The van der Waals surface area contributed by atoms with Gasteiger partial charge in [-0.15, -0.1) is 10.2 Å². The second kappa shape index (κ2) is 6.33. The molecule has 1 saturated carbocycles. The van der Waals surface area contributed by atoms with Crippen molar-refractivity contribution in [1.82, 2.24) is 15.5 Å². The van der Waals surface area contributed by atoms with Crippen LogP contribution >= 0.6 is 11.6 Å². The van der Waals surface area contributed by atoms with Gasteiger partial charge in [0.2, 0.25) is 0 Å². The van der Waals surface area contributed by atoms with Crippen molar-refractivity contribution in [1.29, 1.82) is 0 Å².